The summed E-state index contributed by atoms with van der Waals surface area (Å²) in [6.45, 7) is 0. The minimum absolute atomic E-state index is 0.242. The van der Waals surface area contributed by atoms with Gasteiger partial charge in [-0.3, -0.25) is 14.6 Å². The third kappa shape index (κ3) is 4.03. The number of carbonyl (C=O) groups is 2. The van der Waals surface area contributed by atoms with E-state index in [1.54, 1.807) is 30.3 Å². The number of carbonyl (C=O) groups excluding carboxylic acids is 2. The molecule has 1 heterocycles. The Balaban J connectivity index is 2.12. The number of nitrogens with zero attached hydrogens (tertiary/aromatic N) is 1. The van der Waals surface area contributed by atoms with Crippen LogP contribution in [0.3, 0.4) is 0 Å². The zero-order chi connectivity index (χ0) is 15.2. The van der Waals surface area contributed by atoms with Crippen LogP contribution < -0.4 is 11.1 Å². The molecule has 2 rings (SSSR count). The number of rotatable bonds is 5. The molecule has 3 N–H and O–H groups in total. The first-order valence-electron chi connectivity index (χ1n) is 6.31. The van der Waals surface area contributed by atoms with Crippen molar-refractivity contribution in [1.29, 1.82) is 0 Å². The number of hydrogen-bond donors (Lipinski definition) is 2. The molecular weight excluding hydrogens is 290 g/mol. The zero-order valence-electron chi connectivity index (χ0n) is 11.1. The molecule has 6 heteroatoms. The monoisotopic (exact) mass is 303 g/mol. The Bertz CT molecular complexity index is 646. The van der Waals surface area contributed by atoms with Crippen molar-refractivity contribution in [2.75, 3.05) is 0 Å². The van der Waals surface area contributed by atoms with Gasteiger partial charge in [-0.05, 0) is 23.8 Å². The minimum atomic E-state index is -0.828. The Morgan fingerprint density at radius 2 is 1.86 bits per heavy atom. The lowest BCUT2D eigenvalue weighted by Gasteiger charge is -2.16. The highest BCUT2D eigenvalue weighted by molar-refractivity contribution is 6.31. The van der Waals surface area contributed by atoms with Gasteiger partial charge in [-0.2, -0.15) is 0 Å². The lowest BCUT2D eigenvalue weighted by molar-refractivity contribution is -0.119. The van der Waals surface area contributed by atoms with E-state index in [4.69, 9.17) is 17.3 Å². The van der Waals surface area contributed by atoms with Crippen molar-refractivity contribution in [3.05, 3.63) is 64.9 Å². The van der Waals surface area contributed by atoms with E-state index in [2.05, 4.69) is 10.3 Å². The van der Waals surface area contributed by atoms with Crippen LogP contribution in [0.5, 0.6) is 0 Å². The molecule has 0 aliphatic rings. The number of pyridine rings is 1. The van der Waals surface area contributed by atoms with Crippen molar-refractivity contribution in [2.45, 2.75) is 12.5 Å². The fourth-order valence-corrected chi connectivity index (χ4v) is 2.06. The second-order valence-electron chi connectivity index (χ2n) is 4.46. The first-order valence-corrected chi connectivity index (χ1v) is 6.69. The van der Waals surface area contributed by atoms with Crippen LogP contribution >= 0.6 is 11.6 Å². The summed E-state index contributed by atoms with van der Waals surface area (Å²) in [4.78, 5) is 27.4. The predicted octanol–water partition coefficient (Wildman–Crippen LogP) is 1.56. The van der Waals surface area contributed by atoms with Gasteiger partial charge >= 0.3 is 0 Å². The van der Waals surface area contributed by atoms with Crippen LogP contribution in [0.1, 0.15) is 15.9 Å². The fourth-order valence-electron chi connectivity index (χ4n) is 1.85. The second-order valence-corrected chi connectivity index (χ2v) is 4.87. The Kier molecular flexibility index (Phi) is 4.90. The van der Waals surface area contributed by atoms with E-state index < -0.39 is 11.9 Å². The molecule has 108 valence electrons. The predicted molar refractivity (Wildman–Crippen MR) is 79.8 cm³/mol. The summed E-state index contributed by atoms with van der Waals surface area (Å²) in [5.74, 6) is -0.995. The van der Waals surface area contributed by atoms with Crippen molar-refractivity contribution in [3.63, 3.8) is 0 Å². The topological polar surface area (TPSA) is 85.1 Å². The lowest BCUT2D eigenvalue weighted by Crippen LogP contribution is -2.45. The molecule has 1 aromatic heterocycles. The molecule has 0 unspecified atom stereocenters. The summed E-state index contributed by atoms with van der Waals surface area (Å²) in [5.41, 5.74) is 6.51. The van der Waals surface area contributed by atoms with Crippen molar-refractivity contribution in [3.8, 4) is 0 Å². The van der Waals surface area contributed by atoms with E-state index >= 15 is 0 Å². The van der Waals surface area contributed by atoms with E-state index in [0.29, 0.717) is 10.6 Å². The van der Waals surface area contributed by atoms with Gasteiger partial charge < -0.3 is 11.1 Å². The van der Waals surface area contributed by atoms with E-state index in [0.717, 1.165) is 5.56 Å². The standard InChI is InChI=1S/C15H14ClN3O2/c16-12-4-2-1-3-11(12)9-13(14(17)20)19-15(21)10-5-7-18-8-6-10/h1-8,13H,9H2,(H2,17,20)(H,19,21)/t13-/m1/s1. The number of amides is 2. The van der Waals surface area contributed by atoms with Crippen molar-refractivity contribution in [1.82, 2.24) is 10.3 Å². The van der Waals surface area contributed by atoms with Crippen LogP contribution in [0.4, 0.5) is 0 Å². The van der Waals surface area contributed by atoms with Gasteiger partial charge in [-0.25, -0.2) is 0 Å². The minimum Gasteiger partial charge on any atom is -0.368 e. The maximum absolute atomic E-state index is 12.1. The first-order chi connectivity index (χ1) is 10.1. The third-order valence-corrected chi connectivity index (χ3v) is 3.34. The van der Waals surface area contributed by atoms with Crippen molar-refractivity contribution in [2.24, 2.45) is 5.73 Å². The highest BCUT2D eigenvalue weighted by Crippen LogP contribution is 2.16. The third-order valence-electron chi connectivity index (χ3n) is 2.97. The molecule has 2 aromatic rings. The van der Waals surface area contributed by atoms with Crippen molar-refractivity contribution < 1.29 is 9.59 Å². The Hall–Kier alpha value is -2.40. The number of halogens is 1. The summed E-state index contributed by atoms with van der Waals surface area (Å²) in [6.07, 6.45) is 3.25. The van der Waals surface area contributed by atoms with Crippen LogP contribution in [0.15, 0.2) is 48.8 Å². The molecule has 0 bridgehead atoms. The molecule has 0 aliphatic heterocycles. The number of nitrogens with one attached hydrogen (secondary N) is 1. The van der Waals surface area contributed by atoms with Crippen LogP contribution in [-0.4, -0.2) is 22.8 Å². The Morgan fingerprint density at radius 1 is 1.19 bits per heavy atom. The zero-order valence-corrected chi connectivity index (χ0v) is 11.9. The van der Waals surface area contributed by atoms with Crippen LogP contribution in [0.25, 0.3) is 0 Å². The summed E-state index contributed by atoms with van der Waals surface area (Å²) in [7, 11) is 0. The van der Waals surface area contributed by atoms with Gasteiger partial charge in [0.15, 0.2) is 0 Å². The maximum Gasteiger partial charge on any atom is 0.252 e. The SMILES string of the molecule is NC(=O)[C@@H](Cc1ccccc1Cl)NC(=O)c1ccncc1. The van der Waals surface area contributed by atoms with Gasteiger partial charge in [-0.1, -0.05) is 29.8 Å². The molecule has 0 radical (unpaired) electrons. The molecule has 0 fully saturated rings. The molecule has 21 heavy (non-hydrogen) atoms. The number of benzene rings is 1. The van der Waals surface area contributed by atoms with Gasteiger partial charge in [0.05, 0.1) is 0 Å². The Morgan fingerprint density at radius 3 is 2.48 bits per heavy atom. The summed E-state index contributed by atoms with van der Waals surface area (Å²) < 4.78 is 0. The fraction of sp³-hybridized carbons (Fsp3) is 0.133. The molecule has 0 spiro atoms. The second kappa shape index (κ2) is 6.85. The highest BCUT2D eigenvalue weighted by Gasteiger charge is 2.20. The summed E-state index contributed by atoms with van der Waals surface area (Å²) in [6, 6.07) is 9.40. The molecule has 1 aromatic carbocycles. The molecular formula is C15H14ClN3O2. The largest absolute Gasteiger partial charge is 0.368 e. The first kappa shape index (κ1) is 15.0. The van der Waals surface area contributed by atoms with Gasteiger partial charge in [0, 0.05) is 29.4 Å². The van der Waals surface area contributed by atoms with E-state index in [1.165, 1.54) is 12.4 Å². The molecule has 0 saturated carbocycles. The smallest absolute Gasteiger partial charge is 0.252 e. The molecule has 0 saturated heterocycles. The van der Waals surface area contributed by atoms with Crippen LogP contribution in [-0.2, 0) is 11.2 Å². The quantitative estimate of drug-likeness (QED) is 0.879. The van der Waals surface area contributed by atoms with E-state index in [1.807, 2.05) is 6.07 Å². The summed E-state index contributed by atoms with van der Waals surface area (Å²) in [5, 5.41) is 3.14. The number of primary amides is 1. The Labute approximate surface area is 127 Å². The highest BCUT2D eigenvalue weighted by atomic mass is 35.5. The molecule has 1 atom stereocenters. The number of aromatic nitrogens is 1. The van der Waals surface area contributed by atoms with Crippen LogP contribution in [0.2, 0.25) is 5.02 Å². The van der Waals surface area contributed by atoms with Gasteiger partial charge in [0.2, 0.25) is 5.91 Å². The van der Waals surface area contributed by atoms with E-state index in [9.17, 15) is 9.59 Å². The van der Waals surface area contributed by atoms with E-state index in [-0.39, 0.29) is 12.3 Å². The lowest BCUT2D eigenvalue weighted by atomic mass is 10.0. The number of hydrogen-bond acceptors (Lipinski definition) is 3. The average Bonchev–Trinajstić information content (AvgIpc) is 2.49. The van der Waals surface area contributed by atoms with Crippen molar-refractivity contribution >= 4 is 23.4 Å². The summed E-state index contributed by atoms with van der Waals surface area (Å²) >= 11 is 6.05. The van der Waals surface area contributed by atoms with Crippen LogP contribution in [0, 0.1) is 0 Å². The van der Waals surface area contributed by atoms with Gasteiger partial charge in [0.25, 0.3) is 5.91 Å². The number of nitrogens with two attached hydrogens (primary N) is 1. The molecule has 0 aliphatic carbocycles. The normalized spacial score (nSPS) is 11.7. The molecule has 5 nitrogen and oxygen atoms in total. The molecule has 2 amide bonds. The average molecular weight is 304 g/mol. The van der Waals surface area contributed by atoms with Gasteiger partial charge in [-0.15, -0.1) is 0 Å². The van der Waals surface area contributed by atoms with Gasteiger partial charge in [0.1, 0.15) is 6.04 Å². The maximum atomic E-state index is 12.1.